The highest BCUT2D eigenvalue weighted by Gasteiger charge is 2.18. The number of ether oxygens (including phenoxy) is 1. The number of hydrogen-bond donors (Lipinski definition) is 1. The molecule has 162 valence electrons. The molecule has 1 aliphatic heterocycles. The minimum Gasteiger partial charge on any atom is -0.492 e. The Labute approximate surface area is 183 Å². The molecule has 1 aromatic heterocycles. The fourth-order valence-electron chi connectivity index (χ4n) is 3.27. The van der Waals surface area contributed by atoms with Gasteiger partial charge in [-0.25, -0.2) is 9.97 Å². The summed E-state index contributed by atoms with van der Waals surface area (Å²) in [4.78, 5) is 19.8. The number of nitrogens with one attached hydrogen (secondary N) is 1. The van der Waals surface area contributed by atoms with E-state index in [1.807, 2.05) is 37.4 Å². The molecule has 0 atom stereocenters. The van der Waals surface area contributed by atoms with E-state index in [0.717, 1.165) is 63.5 Å². The van der Waals surface area contributed by atoms with Crippen LogP contribution in [0.1, 0.15) is 0 Å². The summed E-state index contributed by atoms with van der Waals surface area (Å²) in [6.45, 7) is 7.02. The number of halogens is 1. The second-order valence-corrected chi connectivity index (χ2v) is 7.51. The highest BCUT2D eigenvalue weighted by molar-refractivity contribution is 6.30. The molecule has 0 aliphatic carbocycles. The maximum absolute atomic E-state index is 5.90. The molecule has 0 saturated carbocycles. The zero-order chi connectivity index (χ0) is 21.2. The van der Waals surface area contributed by atoms with Crippen LogP contribution in [0.2, 0.25) is 5.02 Å². The number of aromatic nitrogens is 2. The molecule has 2 aromatic rings. The first-order valence-corrected chi connectivity index (χ1v) is 10.6. The lowest BCUT2D eigenvalue weighted by Crippen LogP contribution is -2.50. The Bertz CT molecular complexity index is 780. The zero-order valence-corrected chi connectivity index (χ0v) is 18.4. The maximum atomic E-state index is 5.90. The lowest BCUT2D eigenvalue weighted by molar-refractivity contribution is 0.257. The number of rotatable bonds is 8. The van der Waals surface area contributed by atoms with Crippen molar-refractivity contribution in [1.82, 2.24) is 25.1 Å². The highest BCUT2D eigenvalue weighted by Crippen LogP contribution is 2.15. The normalized spacial score (nSPS) is 15.2. The molecule has 1 saturated heterocycles. The number of benzene rings is 1. The lowest BCUT2D eigenvalue weighted by Gasteiger charge is -2.34. The summed E-state index contributed by atoms with van der Waals surface area (Å²) in [7, 11) is 3.82. The summed E-state index contributed by atoms with van der Waals surface area (Å²) in [5.41, 5.74) is 0. The molecule has 1 aliphatic rings. The molecular weight excluding hydrogens is 402 g/mol. The van der Waals surface area contributed by atoms with Crippen molar-refractivity contribution in [2.75, 3.05) is 71.4 Å². The molecular formula is C21H30ClN7O. The van der Waals surface area contributed by atoms with Crippen molar-refractivity contribution in [3.8, 4) is 5.75 Å². The molecule has 0 amide bonds. The van der Waals surface area contributed by atoms with Gasteiger partial charge in [0.05, 0.1) is 6.54 Å². The first-order valence-electron chi connectivity index (χ1n) is 10.2. The van der Waals surface area contributed by atoms with Gasteiger partial charge in [-0.3, -0.25) is 9.89 Å². The van der Waals surface area contributed by atoms with Gasteiger partial charge in [0.2, 0.25) is 5.95 Å². The molecule has 8 nitrogen and oxygen atoms in total. The molecule has 3 rings (SSSR count). The average molecular weight is 432 g/mol. The van der Waals surface area contributed by atoms with Gasteiger partial charge in [0.15, 0.2) is 5.96 Å². The number of aliphatic imine (C=N–C) groups is 1. The van der Waals surface area contributed by atoms with Crippen molar-refractivity contribution < 1.29 is 4.74 Å². The summed E-state index contributed by atoms with van der Waals surface area (Å²) in [5.74, 6) is 2.50. The third kappa shape index (κ3) is 6.74. The fraction of sp³-hybridized carbons (Fsp3) is 0.476. The van der Waals surface area contributed by atoms with Gasteiger partial charge in [0, 0.05) is 70.8 Å². The van der Waals surface area contributed by atoms with Crippen molar-refractivity contribution >= 4 is 23.5 Å². The Kier molecular flexibility index (Phi) is 8.53. The van der Waals surface area contributed by atoms with Crippen LogP contribution in [0.25, 0.3) is 0 Å². The van der Waals surface area contributed by atoms with E-state index in [1.165, 1.54) is 0 Å². The average Bonchev–Trinajstić information content (AvgIpc) is 2.79. The van der Waals surface area contributed by atoms with Crippen LogP contribution in [0.4, 0.5) is 5.95 Å². The summed E-state index contributed by atoms with van der Waals surface area (Å²) in [5, 5.41) is 4.15. The van der Waals surface area contributed by atoms with Gasteiger partial charge in [0.1, 0.15) is 12.4 Å². The predicted molar refractivity (Wildman–Crippen MR) is 122 cm³/mol. The van der Waals surface area contributed by atoms with Gasteiger partial charge in [-0.2, -0.15) is 0 Å². The second-order valence-electron chi connectivity index (χ2n) is 7.08. The molecule has 1 fully saturated rings. The van der Waals surface area contributed by atoms with Crippen molar-refractivity contribution in [1.29, 1.82) is 0 Å². The molecule has 0 bridgehead atoms. The SMILES string of the molecule is CN=C(NCCN1CCN(c2ncccn2)CC1)N(C)CCOc1ccc(Cl)cc1. The minimum atomic E-state index is 0.572. The van der Waals surface area contributed by atoms with Crippen LogP contribution in [0.5, 0.6) is 5.75 Å². The Morgan fingerprint density at radius 3 is 2.53 bits per heavy atom. The van der Waals surface area contributed by atoms with Crippen LogP contribution in [0, 0.1) is 0 Å². The largest absolute Gasteiger partial charge is 0.492 e. The van der Waals surface area contributed by atoms with Crippen molar-refractivity contribution in [2.45, 2.75) is 0 Å². The van der Waals surface area contributed by atoms with Crippen LogP contribution in [-0.2, 0) is 0 Å². The number of likely N-dealkylation sites (N-methyl/N-ethyl adjacent to an activating group) is 1. The predicted octanol–water partition coefficient (Wildman–Crippen LogP) is 1.84. The first-order chi connectivity index (χ1) is 14.7. The van der Waals surface area contributed by atoms with E-state index in [0.29, 0.717) is 11.6 Å². The van der Waals surface area contributed by atoms with E-state index in [9.17, 15) is 0 Å². The molecule has 1 aromatic carbocycles. The topological polar surface area (TPSA) is 69.1 Å². The van der Waals surface area contributed by atoms with Crippen LogP contribution in [-0.4, -0.2) is 92.2 Å². The fourth-order valence-corrected chi connectivity index (χ4v) is 3.40. The van der Waals surface area contributed by atoms with Gasteiger partial charge in [-0.1, -0.05) is 11.6 Å². The molecule has 0 radical (unpaired) electrons. The van der Waals surface area contributed by atoms with E-state index in [4.69, 9.17) is 16.3 Å². The number of hydrogen-bond acceptors (Lipinski definition) is 6. The number of nitrogens with zero attached hydrogens (tertiary/aromatic N) is 6. The van der Waals surface area contributed by atoms with Crippen molar-refractivity contribution in [3.63, 3.8) is 0 Å². The maximum Gasteiger partial charge on any atom is 0.225 e. The third-order valence-electron chi connectivity index (χ3n) is 5.00. The summed E-state index contributed by atoms with van der Waals surface area (Å²) >= 11 is 5.90. The molecule has 2 heterocycles. The van der Waals surface area contributed by atoms with Crippen molar-refractivity contribution in [3.05, 3.63) is 47.7 Å². The summed E-state index contributed by atoms with van der Waals surface area (Å²) < 4.78 is 5.77. The third-order valence-corrected chi connectivity index (χ3v) is 5.25. The van der Waals surface area contributed by atoms with E-state index in [1.54, 1.807) is 19.4 Å². The smallest absolute Gasteiger partial charge is 0.225 e. The number of anilines is 1. The monoisotopic (exact) mass is 431 g/mol. The van der Waals surface area contributed by atoms with Gasteiger partial charge in [-0.15, -0.1) is 0 Å². The van der Waals surface area contributed by atoms with Gasteiger partial charge in [0.25, 0.3) is 0 Å². The van der Waals surface area contributed by atoms with Crippen LogP contribution < -0.4 is 15.0 Å². The van der Waals surface area contributed by atoms with Crippen LogP contribution in [0.15, 0.2) is 47.7 Å². The van der Waals surface area contributed by atoms with E-state index in [-0.39, 0.29) is 0 Å². The lowest BCUT2D eigenvalue weighted by atomic mass is 10.3. The van der Waals surface area contributed by atoms with Crippen molar-refractivity contribution in [2.24, 2.45) is 4.99 Å². The summed E-state index contributed by atoms with van der Waals surface area (Å²) in [6, 6.07) is 9.25. The number of piperazine rings is 1. The molecule has 9 heteroatoms. The van der Waals surface area contributed by atoms with Crippen LogP contribution >= 0.6 is 11.6 Å². The van der Waals surface area contributed by atoms with Crippen LogP contribution in [0.3, 0.4) is 0 Å². The van der Waals surface area contributed by atoms with E-state index >= 15 is 0 Å². The molecule has 0 spiro atoms. The highest BCUT2D eigenvalue weighted by atomic mass is 35.5. The van der Waals surface area contributed by atoms with E-state index < -0.39 is 0 Å². The Morgan fingerprint density at radius 1 is 1.17 bits per heavy atom. The Balaban J connectivity index is 1.32. The molecule has 1 N–H and O–H groups in total. The Hall–Kier alpha value is -2.58. The zero-order valence-electron chi connectivity index (χ0n) is 17.7. The summed E-state index contributed by atoms with van der Waals surface area (Å²) in [6.07, 6.45) is 3.59. The number of guanidine groups is 1. The van der Waals surface area contributed by atoms with Gasteiger partial charge < -0.3 is 19.9 Å². The molecule has 30 heavy (non-hydrogen) atoms. The second kappa shape index (κ2) is 11.6. The van der Waals surface area contributed by atoms with Gasteiger partial charge >= 0.3 is 0 Å². The Morgan fingerprint density at radius 2 is 1.87 bits per heavy atom. The minimum absolute atomic E-state index is 0.572. The molecule has 0 unspecified atom stereocenters. The standard InChI is InChI=1S/C21H30ClN7O/c1-23-20(27(2)16-17-30-19-6-4-18(22)5-7-19)26-10-11-28-12-14-29(15-13-28)21-24-8-3-9-25-21/h3-9H,10-17H2,1-2H3,(H,23,26). The van der Waals surface area contributed by atoms with E-state index in [2.05, 4.69) is 35.0 Å². The first kappa shape index (κ1) is 22.1. The quantitative estimate of drug-likeness (QED) is 0.505. The van der Waals surface area contributed by atoms with Gasteiger partial charge in [-0.05, 0) is 30.3 Å².